The van der Waals surface area contributed by atoms with Gasteiger partial charge in [0.05, 0.1) is 6.10 Å². The van der Waals surface area contributed by atoms with E-state index in [2.05, 4.69) is 24.1 Å². The summed E-state index contributed by atoms with van der Waals surface area (Å²) in [6.07, 6.45) is 1.35. The van der Waals surface area contributed by atoms with Crippen LogP contribution in [-0.2, 0) is 4.74 Å². The highest BCUT2D eigenvalue weighted by Crippen LogP contribution is 2.25. The summed E-state index contributed by atoms with van der Waals surface area (Å²) in [5.41, 5.74) is 0.756. The smallest absolute Gasteiger partial charge is 0.127 e. The summed E-state index contributed by atoms with van der Waals surface area (Å²) in [7, 11) is 1.90. The minimum atomic E-state index is -0.128. The third-order valence-electron chi connectivity index (χ3n) is 4.20. The van der Waals surface area contributed by atoms with E-state index in [0.717, 1.165) is 38.2 Å². The zero-order chi connectivity index (χ0) is 15.2. The van der Waals surface area contributed by atoms with Crippen molar-refractivity contribution in [2.45, 2.75) is 32.4 Å². The van der Waals surface area contributed by atoms with Crippen LogP contribution in [0.15, 0.2) is 24.3 Å². The van der Waals surface area contributed by atoms with Gasteiger partial charge in [-0.15, -0.1) is 0 Å². The molecule has 1 aliphatic rings. The van der Waals surface area contributed by atoms with Crippen molar-refractivity contribution in [3.8, 4) is 0 Å². The Bertz CT molecular complexity index is 441. The van der Waals surface area contributed by atoms with Crippen molar-refractivity contribution in [3.05, 3.63) is 35.6 Å². The Morgan fingerprint density at radius 2 is 2.19 bits per heavy atom. The van der Waals surface area contributed by atoms with Crippen molar-refractivity contribution < 1.29 is 9.13 Å². The Morgan fingerprint density at radius 1 is 1.43 bits per heavy atom. The van der Waals surface area contributed by atoms with Crippen LogP contribution in [0.5, 0.6) is 0 Å². The molecule has 3 atom stereocenters. The molecule has 1 aliphatic heterocycles. The first-order chi connectivity index (χ1) is 10.1. The maximum atomic E-state index is 14.0. The summed E-state index contributed by atoms with van der Waals surface area (Å²) in [4.78, 5) is 2.44. The fourth-order valence-electron chi connectivity index (χ4n) is 3.23. The van der Waals surface area contributed by atoms with Crippen LogP contribution in [0.4, 0.5) is 4.39 Å². The second-order valence-corrected chi connectivity index (χ2v) is 6.06. The zero-order valence-electron chi connectivity index (χ0n) is 13.3. The van der Waals surface area contributed by atoms with Gasteiger partial charge in [-0.05, 0) is 32.4 Å². The molecule has 0 spiro atoms. The van der Waals surface area contributed by atoms with Crippen LogP contribution in [0.25, 0.3) is 0 Å². The lowest BCUT2D eigenvalue weighted by Gasteiger charge is -2.30. The summed E-state index contributed by atoms with van der Waals surface area (Å²) < 4.78 is 19.7. The standard InChI is InChI=1S/C17H27FN2O/c1-13(11-20-9-6-10-21-14(2)12-20)17(19-3)15-7-4-5-8-16(15)18/h4-5,7-8,13-14,17,19H,6,9-12H2,1-3H3. The summed E-state index contributed by atoms with van der Waals surface area (Å²) >= 11 is 0. The van der Waals surface area contributed by atoms with E-state index in [1.165, 1.54) is 6.07 Å². The molecule has 1 heterocycles. The van der Waals surface area contributed by atoms with Gasteiger partial charge in [0.15, 0.2) is 0 Å². The number of ether oxygens (including phenoxy) is 1. The Kier molecular flexibility index (Phi) is 6.15. The second kappa shape index (κ2) is 7.87. The molecule has 118 valence electrons. The topological polar surface area (TPSA) is 24.5 Å². The lowest BCUT2D eigenvalue weighted by molar-refractivity contribution is 0.0649. The van der Waals surface area contributed by atoms with E-state index in [-0.39, 0.29) is 18.0 Å². The Hall–Kier alpha value is -0.970. The van der Waals surface area contributed by atoms with Gasteiger partial charge < -0.3 is 15.0 Å². The molecular weight excluding hydrogens is 267 g/mol. The average molecular weight is 294 g/mol. The molecule has 2 rings (SSSR count). The van der Waals surface area contributed by atoms with Crippen LogP contribution >= 0.6 is 0 Å². The van der Waals surface area contributed by atoms with Gasteiger partial charge in [0.2, 0.25) is 0 Å². The van der Waals surface area contributed by atoms with Gasteiger partial charge in [-0.1, -0.05) is 25.1 Å². The lowest BCUT2D eigenvalue weighted by atomic mass is 9.93. The molecular formula is C17H27FN2O. The molecule has 1 aromatic rings. The van der Waals surface area contributed by atoms with Crippen LogP contribution in [-0.4, -0.2) is 44.3 Å². The maximum absolute atomic E-state index is 14.0. The van der Waals surface area contributed by atoms with E-state index >= 15 is 0 Å². The highest BCUT2D eigenvalue weighted by molar-refractivity contribution is 5.21. The van der Waals surface area contributed by atoms with Crippen LogP contribution in [0.3, 0.4) is 0 Å². The SMILES string of the molecule is CNC(c1ccccc1F)C(C)CN1CCCOC(C)C1. The minimum Gasteiger partial charge on any atom is -0.377 e. The van der Waals surface area contributed by atoms with Gasteiger partial charge in [-0.3, -0.25) is 0 Å². The normalized spacial score (nSPS) is 23.5. The molecule has 1 aromatic carbocycles. The molecule has 0 radical (unpaired) electrons. The van der Waals surface area contributed by atoms with Crippen molar-refractivity contribution >= 4 is 0 Å². The number of nitrogens with zero attached hydrogens (tertiary/aromatic N) is 1. The van der Waals surface area contributed by atoms with Crippen molar-refractivity contribution in [3.63, 3.8) is 0 Å². The molecule has 0 aromatic heterocycles. The summed E-state index contributed by atoms with van der Waals surface area (Å²) in [5.74, 6) is 0.202. The highest BCUT2D eigenvalue weighted by atomic mass is 19.1. The fourth-order valence-corrected chi connectivity index (χ4v) is 3.23. The van der Waals surface area contributed by atoms with Gasteiger partial charge in [-0.2, -0.15) is 0 Å². The molecule has 1 fully saturated rings. The van der Waals surface area contributed by atoms with Gasteiger partial charge in [0.25, 0.3) is 0 Å². The van der Waals surface area contributed by atoms with Crippen molar-refractivity contribution in [2.75, 3.05) is 33.3 Å². The predicted octanol–water partition coefficient (Wildman–Crippen LogP) is 2.83. The first-order valence-corrected chi connectivity index (χ1v) is 7.87. The van der Waals surface area contributed by atoms with Crippen LogP contribution in [0.2, 0.25) is 0 Å². The van der Waals surface area contributed by atoms with Crippen LogP contribution in [0.1, 0.15) is 31.9 Å². The maximum Gasteiger partial charge on any atom is 0.127 e. The zero-order valence-corrected chi connectivity index (χ0v) is 13.3. The average Bonchev–Trinajstić information content (AvgIpc) is 2.66. The molecule has 0 aliphatic carbocycles. The molecule has 1 saturated heterocycles. The van der Waals surface area contributed by atoms with E-state index < -0.39 is 0 Å². The first-order valence-electron chi connectivity index (χ1n) is 7.87. The van der Waals surface area contributed by atoms with Crippen molar-refractivity contribution in [2.24, 2.45) is 5.92 Å². The molecule has 3 nitrogen and oxygen atoms in total. The van der Waals surface area contributed by atoms with E-state index in [1.54, 1.807) is 6.07 Å². The van der Waals surface area contributed by atoms with Crippen LogP contribution in [0, 0.1) is 11.7 Å². The second-order valence-electron chi connectivity index (χ2n) is 6.06. The van der Waals surface area contributed by atoms with Gasteiger partial charge >= 0.3 is 0 Å². The van der Waals surface area contributed by atoms with Crippen molar-refractivity contribution in [1.82, 2.24) is 10.2 Å². The van der Waals surface area contributed by atoms with Gasteiger partial charge in [0, 0.05) is 37.8 Å². The van der Waals surface area contributed by atoms with Gasteiger partial charge in [0.1, 0.15) is 5.82 Å². The molecule has 0 bridgehead atoms. The van der Waals surface area contributed by atoms with Crippen molar-refractivity contribution in [1.29, 1.82) is 0 Å². The molecule has 21 heavy (non-hydrogen) atoms. The highest BCUT2D eigenvalue weighted by Gasteiger charge is 2.24. The quantitative estimate of drug-likeness (QED) is 0.904. The third-order valence-corrected chi connectivity index (χ3v) is 4.20. The molecule has 1 N–H and O–H groups in total. The van der Waals surface area contributed by atoms with E-state index in [9.17, 15) is 4.39 Å². The molecule has 3 unspecified atom stereocenters. The number of nitrogens with one attached hydrogen (secondary N) is 1. The summed E-state index contributed by atoms with van der Waals surface area (Å²) in [6.45, 7) is 8.11. The number of halogens is 1. The third kappa shape index (κ3) is 4.50. The fraction of sp³-hybridized carbons (Fsp3) is 0.647. The van der Waals surface area contributed by atoms with E-state index in [4.69, 9.17) is 4.74 Å². The molecule has 4 heteroatoms. The minimum absolute atomic E-state index is 0.0330. The summed E-state index contributed by atoms with van der Waals surface area (Å²) in [5, 5.41) is 3.28. The monoisotopic (exact) mass is 294 g/mol. The number of hydrogen-bond acceptors (Lipinski definition) is 3. The van der Waals surface area contributed by atoms with E-state index in [1.807, 2.05) is 19.2 Å². The Morgan fingerprint density at radius 3 is 2.90 bits per heavy atom. The Balaban J connectivity index is 2.03. The van der Waals surface area contributed by atoms with E-state index in [0.29, 0.717) is 5.92 Å². The largest absolute Gasteiger partial charge is 0.377 e. The lowest BCUT2D eigenvalue weighted by Crippen LogP contribution is -2.38. The first kappa shape index (κ1) is 16.4. The summed E-state index contributed by atoms with van der Waals surface area (Å²) in [6, 6.07) is 7.09. The molecule has 0 amide bonds. The van der Waals surface area contributed by atoms with Gasteiger partial charge in [-0.25, -0.2) is 4.39 Å². The number of hydrogen-bond donors (Lipinski definition) is 1. The number of benzene rings is 1. The van der Waals surface area contributed by atoms with Crippen LogP contribution < -0.4 is 5.32 Å². The predicted molar refractivity (Wildman–Crippen MR) is 83.8 cm³/mol. The molecule has 0 saturated carbocycles. The number of rotatable bonds is 5. The Labute approximate surface area is 127 Å².